The molecule has 4 nitrogen and oxygen atoms in total. The van der Waals surface area contributed by atoms with E-state index in [9.17, 15) is 4.79 Å². The molecular weight excluding hydrogens is 250 g/mol. The second-order valence-electron chi connectivity index (χ2n) is 6.45. The van der Waals surface area contributed by atoms with E-state index in [-0.39, 0.29) is 17.6 Å². The van der Waals surface area contributed by atoms with E-state index in [1.165, 1.54) is 6.42 Å². The lowest BCUT2D eigenvalue weighted by atomic mass is 9.99. The van der Waals surface area contributed by atoms with Crippen molar-refractivity contribution < 1.29 is 4.79 Å². The van der Waals surface area contributed by atoms with Crippen molar-refractivity contribution >= 4 is 5.91 Å². The maximum absolute atomic E-state index is 12.7. The monoisotopic (exact) mass is 283 g/mol. The summed E-state index contributed by atoms with van der Waals surface area (Å²) in [5.74, 6) is 0.708. The number of likely N-dealkylation sites (N-methyl/N-ethyl adjacent to an activating group) is 1. The Morgan fingerprint density at radius 3 is 2.40 bits per heavy atom. The highest BCUT2D eigenvalue weighted by atomic mass is 16.2. The lowest BCUT2D eigenvalue weighted by Gasteiger charge is -2.29. The minimum absolute atomic E-state index is 0.174. The second-order valence-corrected chi connectivity index (χ2v) is 6.45. The zero-order valence-electron chi connectivity index (χ0n) is 14.2. The van der Waals surface area contributed by atoms with Crippen LogP contribution in [0.5, 0.6) is 0 Å². The molecule has 2 atom stereocenters. The van der Waals surface area contributed by atoms with Crippen molar-refractivity contribution in [3.8, 4) is 0 Å². The zero-order valence-corrected chi connectivity index (χ0v) is 14.2. The van der Waals surface area contributed by atoms with Gasteiger partial charge in [-0.3, -0.25) is 10.1 Å². The molecule has 1 fully saturated rings. The van der Waals surface area contributed by atoms with E-state index in [4.69, 9.17) is 0 Å². The number of hydrogen-bond donors (Lipinski definition) is 1. The number of carbonyl (C=O) groups excluding carboxylic acids is 1. The van der Waals surface area contributed by atoms with Crippen LogP contribution in [0.25, 0.3) is 0 Å². The van der Waals surface area contributed by atoms with Crippen molar-refractivity contribution in [2.45, 2.75) is 66.1 Å². The third-order valence-corrected chi connectivity index (χ3v) is 4.52. The molecule has 0 radical (unpaired) electrons. The Morgan fingerprint density at radius 1 is 1.30 bits per heavy atom. The topological polar surface area (TPSA) is 35.6 Å². The molecule has 2 unspecified atom stereocenters. The summed E-state index contributed by atoms with van der Waals surface area (Å²) in [6.45, 7) is 16.9. The molecule has 0 aromatic heterocycles. The van der Waals surface area contributed by atoms with Crippen molar-refractivity contribution in [1.82, 2.24) is 15.1 Å². The van der Waals surface area contributed by atoms with Crippen LogP contribution in [-0.2, 0) is 4.79 Å². The van der Waals surface area contributed by atoms with Crippen LogP contribution in [0, 0.1) is 5.92 Å². The fourth-order valence-electron chi connectivity index (χ4n) is 2.92. The molecule has 1 amide bonds. The number of nitrogens with zero attached hydrogens (tertiary/aromatic N) is 2. The van der Waals surface area contributed by atoms with E-state index < -0.39 is 0 Å². The maximum Gasteiger partial charge on any atom is 0.243 e. The summed E-state index contributed by atoms with van der Waals surface area (Å²) in [5, 5.41) is 3.55. The fraction of sp³-hybridized carbons (Fsp3) is 0.938. The Hall–Kier alpha value is -0.610. The van der Waals surface area contributed by atoms with Gasteiger partial charge in [-0.1, -0.05) is 34.6 Å². The zero-order chi connectivity index (χ0) is 15.3. The van der Waals surface area contributed by atoms with E-state index >= 15 is 0 Å². The predicted octanol–water partition coefficient (Wildman–Crippen LogP) is 2.30. The lowest BCUT2D eigenvalue weighted by Crippen LogP contribution is -2.45. The Balaban J connectivity index is 2.72. The van der Waals surface area contributed by atoms with Crippen molar-refractivity contribution in [2.75, 3.05) is 26.2 Å². The van der Waals surface area contributed by atoms with Crippen molar-refractivity contribution in [3.05, 3.63) is 0 Å². The number of carbonyl (C=O) groups is 1. The molecule has 0 bridgehead atoms. The Kier molecular flexibility index (Phi) is 6.46. The van der Waals surface area contributed by atoms with Gasteiger partial charge in [0.15, 0.2) is 0 Å². The summed E-state index contributed by atoms with van der Waals surface area (Å²) >= 11 is 0. The largest absolute Gasteiger partial charge is 0.324 e. The molecule has 0 spiro atoms. The Morgan fingerprint density at radius 2 is 1.95 bits per heavy atom. The Bertz CT molecular complexity index is 319. The minimum Gasteiger partial charge on any atom is -0.324 e. The highest BCUT2D eigenvalue weighted by Gasteiger charge is 2.47. The summed E-state index contributed by atoms with van der Waals surface area (Å²) in [6.07, 6.45) is 2.19. The van der Waals surface area contributed by atoms with Gasteiger partial charge in [-0.05, 0) is 38.8 Å². The van der Waals surface area contributed by atoms with Gasteiger partial charge in [0.05, 0.1) is 11.7 Å². The molecule has 20 heavy (non-hydrogen) atoms. The SMILES string of the molecule is CCCN(CC)CCN1C(=O)C(C)(CC)NC1C(C)C. The minimum atomic E-state index is -0.378. The van der Waals surface area contributed by atoms with Gasteiger partial charge in [0.1, 0.15) is 0 Å². The van der Waals surface area contributed by atoms with Crippen LogP contribution in [0.1, 0.15) is 54.4 Å². The molecular formula is C16H33N3O. The molecule has 0 saturated carbocycles. The molecule has 0 aliphatic carbocycles. The van der Waals surface area contributed by atoms with Crippen LogP contribution in [0.4, 0.5) is 0 Å². The summed E-state index contributed by atoms with van der Waals surface area (Å²) < 4.78 is 0. The molecule has 118 valence electrons. The third-order valence-electron chi connectivity index (χ3n) is 4.52. The average Bonchev–Trinajstić information content (AvgIpc) is 2.68. The van der Waals surface area contributed by atoms with E-state index in [1.54, 1.807) is 0 Å². The third kappa shape index (κ3) is 3.73. The van der Waals surface area contributed by atoms with Crippen LogP contribution in [0.3, 0.4) is 0 Å². The predicted molar refractivity (Wildman–Crippen MR) is 84.6 cm³/mol. The first-order valence-corrected chi connectivity index (χ1v) is 8.20. The first kappa shape index (κ1) is 17.4. The second kappa shape index (κ2) is 7.41. The quantitative estimate of drug-likeness (QED) is 0.742. The first-order valence-electron chi connectivity index (χ1n) is 8.20. The Labute approximate surface area is 124 Å². The molecule has 1 saturated heterocycles. The lowest BCUT2D eigenvalue weighted by molar-refractivity contribution is -0.133. The van der Waals surface area contributed by atoms with Gasteiger partial charge in [-0.25, -0.2) is 0 Å². The highest BCUT2D eigenvalue weighted by molar-refractivity contribution is 5.88. The average molecular weight is 283 g/mol. The summed E-state index contributed by atoms with van der Waals surface area (Å²) in [5.41, 5.74) is -0.378. The number of nitrogens with one attached hydrogen (secondary N) is 1. The van der Waals surface area contributed by atoms with Gasteiger partial charge in [0.2, 0.25) is 5.91 Å². The standard InChI is InChI=1S/C16H33N3O/c1-7-10-18(9-3)11-12-19-14(13(4)5)17-16(6,8-2)15(19)20/h13-14,17H,7-12H2,1-6H3. The van der Waals surface area contributed by atoms with Crippen molar-refractivity contribution in [2.24, 2.45) is 5.92 Å². The molecule has 1 aliphatic heterocycles. The molecule has 0 aromatic rings. The molecule has 1 N–H and O–H groups in total. The molecule has 1 rings (SSSR count). The van der Waals surface area contributed by atoms with Crippen LogP contribution in [0.2, 0.25) is 0 Å². The fourth-order valence-corrected chi connectivity index (χ4v) is 2.92. The van der Waals surface area contributed by atoms with Gasteiger partial charge in [-0.2, -0.15) is 0 Å². The van der Waals surface area contributed by atoms with Gasteiger partial charge in [0, 0.05) is 13.1 Å². The number of amides is 1. The van der Waals surface area contributed by atoms with Crippen molar-refractivity contribution in [3.63, 3.8) is 0 Å². The number of rotatable bonds is 8. The van der Waals surface area contributed by atoms with E-state index in [0.29, 0.717) is 5.92 Å². The molecule has 1 heterocycles. The summed E-state index contributed by atoms with van der Waals surface area (Å²) in [6, 6.07) is 0. The van der Waals surface area contributed by atoms with Crippen LogP contribution in [0.15, 0.2) is 0 Å². The highest BCUT2D eigenvalue weighted by Crippen LogP contribution is 2.26. The van der Waals surface area contributed by atoms with Gasteiger partial charge in [-0.15, -0.1) is 0 Å². The van der Waals surface area contributed by atoms with Crippen molar-refractivity contribution in [1.29, 1.82) is 0 Å². The normalized spacial score (nSPS) is 27.1. The molecule has 1 aliphatic rings. The maximum atomic E-state index is 12.7. The van der Waals surface area contributed by atoms with Crippen LogP contribution >= 0.6 is 0 Å². The van der Waals surface area contributed by atoms with Crippen LogP contribution < -0.4 is 5.32 Å². The summed E-state index contributed by atoms with van der Waals surface area (Å²) in [4.78, 5) is 17.2. The molecule has 0 aromatic carbocycles. The van der Waals surface area contributed by atoms with Gasteiger partial charge < -0.3 is 9.80 Å². The first-order chi connectivity index (χ1) is 9.39. The van der Waals surface area contributed by atoms with Gasteiger partial charge >= 0.3 is 0 Å². The van der Waals surface area contributed by atoms with E-state index in [0.717, 1.165) is 32.6 Å². The van der Waals surface area contributed by atoms with Gasteiger partial charge in [0.25, 0.3) is 0 Å². The molecule has 4 heteroatoms. The summed E-state index contributed by atoms with van der Waals surface area (Å²) in [7, 11) is 0. The van der Waals surface area contributed by atoms with E-state index in [1.807, 2.05) is 6.92 Å². The van der Waals surface area contributed by atoms with Crippen LogP contribution in [-0.4, -0.2) is 53.6 Å². The smallest absolute Gasteiger partial charge is 0.243 e. The number of hydrogen-bond acceptors (Lipinski definition) is 3. The van der Waals surface area contributed by atoms with E-state index in [2.05, 4.69) is 49.7 Å².